The van der Waals surface area contributed by atoms with Crippen molar-refractivity contribution in [1.29, 1.82) is 0 Å². The maximum atomic E-state index is 10.4. The quantitative estimate of drug-likeness (QED) is 0.338. The Morgan fingerprint density at radius 3 is 2.62 bits per heavy atom. The Labute approximate surface area is 47.1 Å². The molecular formula is C5H7NO2. The van der Waals surface area contributed by atoms with Crippen LogP contribution in [-0.4, -0.2) is 18.6 Å². The van der Waals surface area contributed by atoms with Crippen molar-refractivity contribution in [3.05, 3.63) is 12.2 Å². The van der Waals surface area contributed by atoms with Gasteiger partial charge in [-0.2, -0.15) is 0 Å². The maximum absolute atomic E-state index is 10.4. The molecule has 3 heteroatoms. The van der Waals surface area contributed by atoms with Crippen molar-refractivity contribution >= 4 is 5.97 Å². The number of cyclic esters (lactones) is 1. The zero-order valence-corrected chi connectivity index (χ0v) is 4.39. The number of ether oxygens (including phenoxy) is 1. The van der Waals surface area contributed by atoms with E-state index in [1.165, 1.54) is 0 Å². The van der Waals surface area contributed by atoms with E-state index in [4.69, 9.17) is 5.73 Å². The summed E-state index contributed by atoms with van der Waals surface area (Å²) in [6, 6.07) is -0.275. The highest BCUT2D eigenvalue weighted by Crippen LogP contribution is 2.08. The molecule has 0 amide bonds. The second kappa shape index (κ2) is 1.59. The number of carbonyl (C=O) groups is 1. The van der Waals surface area contributed by atoms with Crippen LogP contribution in [-0.2, 0) is 9.53 Å². The number of hydrogen-bond donors (Lipinski definition) is 1. The van der Waals surface area contributed by atoms with Crippen LogP contribution < -0.4 is 5.73 Å². The van der Waals surface area contributed by atoms with Gasteiger partial charge >= 0.3 is 5.97 Å². The van der Waals surface area contributed by atoms with E-state index in [0.717, 1.165) is 0 Å². The van der Waals surface area contributed by atoms with Crippen LogP contribution in [0, 0.1) is 0 Å². The fourth-order valence-electron chi connectivity index (χ4n) is 0.510. The number of nitrogens with two attached hydrogens (primary N) is 1. The third kappa shape index (κ3) is 0.607. The van der Waals surface area contributed by atoms with Gasteiger partial charge in [-0.15, -0.1) is 0 Å². The average Bonchev–Trinajstić information content (AvgIpc) is 1.98. The van der Waals surface area contributed by atoms with Crippen molar-refractivity contribution in [1.82, 2.24) is 0 Å². The standard InChI is InChI=1S/C5H7NO2/c1-3-4(6)2-8-5(3)7/h4H,1-2,6H2/t4-/m1/s1. The lowest BCUT2D eigenvalue weighted by atomic mass is 10.2. The minimum absolute atomic E-state index is 0.275. The van der Waals surface area contributed by atoms with Crippen LogP contribution in [0.2, 0.25) is 0 Å². The molecule has 0 bridgehead atoms. The third-order valence-electron chi connectivity index (χ3n) is 1.10. The van der Waals surface area contributed by atoms with E-state index in [1.807, 2.05) is 0 Å². The van der Waals surface area contributed by atoms with Crippen molar-refractivity contribution < 1.29 is 9.53 Å². The molecule has 0 aliphatic carbocycles. The van der Waals surface area contributed by atoms with Gasteiger partial charge in [-0.05, 0) is 0 Å². The van der Waals surface area contributed by atoms with E-state index in [0.29, 0.717) is 5.57 Å². The fraction of sp³-hybridized carbons (Fsp3) is 0.400. The molecule has 0 unspecified atom stereocenters. The number of carbonyl (C=O) groups excluding carboxylic acids is 1. The Morgan fingerprint density at radius 1 is 1.88 bits per heavy atom. The van der Waals surface area contributed by atoms with Gasteiger partial charge in [0.05, 0.1) is 11.6 Å². The first-order chi connectivity index (χ1) is 3.72. The first-order valence-electron chi connectivity index (χ1n) is 2.33. The summed E-state index contributed by atoms with van der Waals surface area (Å²) in [5.41, 5.74) is 5.70. The molecule has 44 valence electrons. The summed E-state index contributed by atoms with van der Waals surface area (Å²) in [6.07, 6.45) is 0. The first kappa shape index (κ1) is 5.31. The molecule has 1 fully saturated rings. The van der Waals surface area contributed by atoms with Crippen LogP contribution >= 0.6 is 0 Å². The van der Waals surface area contributed by atoms with Crippen LogP contribution in [0.3, 0.4) is 0 Å². The molecule has 0 spiro atoms. The van der Waals surface area contributed by atoms with Crippen molar-refractivity contribution in [3.8, 4) is 0 Å². The summed E-state index contributed by atoms with van der Waals surface area (Å²) in [4.78, 5) is 10.4. The predicted molar refractivity (Wildman–Crippen MR) is 28.1 cm³/mol. The van der Waals surface area contributed by atoms with Gasteiger partial charge in [0.25, 0.3) is 0 Å². The Balaban J connectivity index is 2.71. The van der Waals surface area contributed by atoms with Crippen LogP contribution in [0.1, 0.15) is 0 Å². The van der Waals surface area contributed by atoms with E-state index in [2.05, 4.69) is 11.3 Å². The minimum Gasteiger partial charge on any atom is -0.460 e. The highest BCUT2D eigenvalue weighted by molar-refractivity contribution is 5.91. The highest BCUT2D eigenvalue weighted by Gasteiger charge is 2.24. The molecule has 1 heterocycles. The molecule has 1 atom stereocenters. The second-order valence-electron chi connectivity index (χ2n) is 1.73. The number of hydrogen-bond acceptors (Lipinski definition) is 3. The van der Waals surface area contributed by atoms with E-state index >= 15 is 0 Å². The molecule has 8 heavy (non-hydrogen) atoms. The molecule has 1 saturated heterocycles. The Morgan fingerprint density at radius 2 is 2.50 bits per heavy atom. The molecule has 0 aromatic heterocycles. The molecule has 0 aromatic rings. The van der Waals surface area contributed by atoms with E-state index in [-0.39, 0.29) is 18.6 Å². The van der Waals surface area contributed by atoms with E-state index in [9.17, 15) is 4.79 Å². The number of rotatable bonds is 0. The number of esters is 1. The lowest BCUT2D eigenvalue weighted by molar-refractivity contribution is -0.135. The van der Waals surface area contributed by atoms with Gasteiger partial charge in [0.15, 0.2) is 0 Å². The lowest BCUT2D eigenvalue weighted by Gasteiger charge is -1.91. The minimum atomic E-state index is -0.363. The summed E-state index contributed by atoms with van der Waals surface area (Å²) in [5, 5.41) is 0. The molecule has 2 N–H and O–H groups in total. The monoisotopic (exact) mass is 113 g/mol. The molecular weight excluding hydrogens is 106 g/mol. The Bertz CT molecular complexity index is 141. The topological polar surface area (TPSA) is 52.3 Å². The van der Waals surface area contributed by atoms with Crippen molar-refractivity contribution in [3.63, 3.8) is 0 Å². The Kier molecular flexibility index (Phi) is 1.06. The van der Waals surface area contributed by atoms with Gasteiger partial charge in [0, 0.05) is 0 Å². The van der Waals surface area contributed by atoms with Gasteiger partial charge in [-0.3, -0.25) is 0 Å². The van der Waals surface area contributed by atoms with Crippen molar-refractivity contribution in [2.75, 3.05) is 6.61 Å². The lowest BCUT2D eigenvalue weighted by Crippen LogP contribution is -2.21. The molecule has 0 saturated carbocycles. The van der Waals surface area contributed by atoms with Gasteiger partial charge in [-0.1, -0.05) is 6.58 Å². The van der Waals surface area contributed by atoms with Crippen LogP contribution in [0.15, 0.2) is 12.2 Å². The summed E-state index contributed by atoms with van der Waals surface area (Å²) < 4.78 is 4.51. The summed E-state index contributed by atoms with van der Waals surface area (Å²) in [5.74, 6) is -0.363. The SMILES string of the molecule is C=C1C(=O)OC[C@H]1N. The van der Waals surface area contributed by atoms with Gasteiger partial charge < -0.3 is 10.5 Å². The molecule has 0 radical (unpaired) electrons. The fourth-order valence-corrected chi connectivity index (χ4v) is 0.510. The second-order valence-corrected chi connectivity index (χ2v) is 1.73. The van der Waals surface area contributed by atoms with E-state index < -0.39 is 0 Å². The van der Waals surface area contributed by atoms with Gasteiger partial charge in [0.2, 0.25) is 0 Å². The summed E-state index contributed by atoms with van der Waals surface area (Å²) in [7, 11) is 0. The zero-order valence-electron chi connectivity index (χ0n) is 4.39. The summed E-state index contributed by atoms with van der Waals surface area (Å²) in [6.45, 7) is 3.71. The van der Waals surface area contributed by atoms with E-state index in [1.54, 1.807) is 0 Å². The maximum Gasteiger partial charge on any atom is 0.335 e. The highest BCUT2D eigenvalue weighted by atomic mass is 16.5. The first-order valence-corrected chi connectivity index (χ1v) is 2.33. The van der Waals surface area contributed by atoms with Crippen LogP contribution in [0.5, 0.6) is 0 Å². The predicted octanol–water partition coefficient (Wildman–Crippen LogP) is -0.573. The van der Waals surface area contributed by atoms with Crippen LogP contribution in [0.4, 0.5) is 0 Å². The van der Waals surface area contributed by atoms with Crippen molar-refractivity contribution in [2.24, 2.45) is 5.73 Å². The zero-order chi connectivity index (χ0) is 6.15. The molecule has 1 aliphatic rings. The van der Waals surface area contributed by atoms with Crippen molar-refractivity contribution in [2.45, 2.75) is 6.04 Å². The Hall–Kier alpha value is -0.830. The molecule has 0 aromatic carbocycles. The molecule has 3 nitrogen and oxygen atoms in total. The van der Waals surface area contributed by atoms with Gasteiger partial charge in [0.1, 0.15) is 6.61 Å². The smallest absolute Gasteiger partial charge is 0.335 e. The average molecular weight is 113 g/mol. The van der Waals surface area contributed by atoms with Gasteiger partial charge in [-0.25, -0.2) is 4.79 Å². The normalized spacial score (nSPS) is 28.4. The summed E-state index contributed by atoms with van der Waals surface area (Å²) >= 11 is 0. The van der Waals surface area contributed by atoms with Crippen LogP contribution in [0.25, 0.3) is 0 Å². The molecule has 1 aliphatic heterocycles. The molecule has 1 rings (SSSR count). The largest absolute Gasteiger partial charge is 0.460 e. The third-order valence-corrected chi connectivity index (χ3v) is 1.10.